The van der Waals surface area contributed by atoms with Gasteiger partial charge in [-0.3, -0.25) is 16.3 Å². The third kappa shape index (κ3) is 14.9. The molecule has 120 valence electrons. The van der Waals surface area contributed by atoms with Crippen LogP contribution in [-0.4, -0.2) is 16.3 Å². The van der Waals surface area contributed by atoms with E-state index in [-0.39, 0.29) is 17.1 Å². The first-order chi connectivity index (χ1) is 10.6. The zero-order valence-corrected chi connectivity index (χ0v) is 14.5. The van der Waals surface area contributed by atoms with Crippen LogP contribution in [0.3, 0.4) is 0 Å². The van der Waals surface area contributed by atoms with Crippen LogP contribution in [-0.2, 0) is 50.2 Å². The fraction of sp³-hybridized carbons (Fsp3) is 0.188. The van der Waals surface area contributed by atoms with Gasteiger partial charge in [-0.15, -0.1) is 6.42 Å². The van der Waals surface area contributed by atoms with E-state index in [1.165, 1.54) is 0 Å². The number of rotatable bonds is 2. The Morgan fingerprint density at radius 2 is 1.48 bits per heavy atom. The van der Waals surface area contributed by atoms with Gasteiger partial charge in [0.1, 0.15) is 0 Å². The molecule has 0 radical (unpaired) electrons. The van der Waals surface area contributed by atoms with Crippen LogP contribution in [0.25, 0.3) is 0 Å². The summed E-state index contributed by atoms with van der Waals surface area (Å²) in [4.78, 5) is 18.0. The van der Waals surface area contributed by atoms with E-state index in [1.807, 2.05) is 50.2 Å². The Bertz CT molecular complexity index is 581. The molecule has 0 aliphatic rings. The first-order valence-electron chi connectivity index (χ1n) is 5.91. The molecule has 0 spiro atoms. The van der Waals surface area contributed by atoms with Crippen LogP contribution >= 0.6 is 0 Å². The standard InChI is InChI=1S/C8H8NO.C6H7NS.2CO.Fe/c1-7-3-2-4-8(9-7)5-6-10;1-5-3-2-4-6(8)7-5;2*1-2;/h2-4H,5H2,1H3;2-4H,1H3,(H,7,8);;;/q-1;;;;+2/p-1. The summed E-state index contributed by atoms with van der Waals surface area (Å²) in [5, 5.41) is 0.671. The summed E-state index contributed by atoms with van der Waals surface area (Å²) in [6.45, 7) is 12.8. The number of aryl methyl sites for hydroxylation is 2. The summed E-state index contributed by atoms with van der Waals surface area (Å²) in [5.41, 5.74) is 2.71. The van der Waals surface area contributed by atoms with Crippen molar-refractivity contribution in [3.63, 3.8) is 0 Å². The molecule has 0 fully saturated rings. The molecule has 2 rings (SSSR count). The average Bonchev–Trinajstić information content (AvgIpc) is 2.52. The van der Waals surface area contributed by atoms with Crippen molar-refractivity contribution in [2.75, 3.05) is 0 Å². The SMILES string of the molecule is Cc1cccc(C[C-]=O)n1.Cc1cccc([S-])n1.[C-]#[O+].[C-]#[O+].[Fe+2]. The Morgan fingerprint density at radius 3 is 1.83 bits per heavy atom. The molecule has 0 N–H and O–H groups in total. The summed E-state index contributed by atoms with van der Waals surface area (Å²) >= 11 is 4.79. The molecule has 23 heavy (non-hydrogen) atoms. The largest absolute Gasteiger partial charge is 2.00 e. The Morgan fingerprint density at radius 1 is 1.00 bits per heavy atom. The van der Waals surface area contributed by atoms with Crippen LogP contribution in [0.1, 0.15) is 17.1 Å². The van der Waals surface area contributed by atoms with Gasteiger partial charge in [0.25, 0.3) is 0 Å². The molecule has 0 bridgehead atoms. The van der Waals surface area contributed by atoms with E-state index in [0.29, 0.717) is 11.4 Å². The van der Waals surface area contributed by atoms with E-state index in [9.17, 15) is 4.79 Å². The summed E-state index contributed by atoms with van der Waals surface area (Å²) < 4.78 is 15.0. The van der Waals surface area contributed by atoms with Crippen LogP contribution in [0.2, 0.25) is 0 Å². The monoisotopic (exact) mass is 370 g/mol. The van der Waals surface area contributed by atoms with Crippen LogP contribution in [0.15, 0.2) is 41.4 Å². The van der Waals surface area contributed by atoms with E-state index >= 15 is 0 Å². The van der Waals surface area contributed by atoms with Crippen LogP contribution in [0, 0.1) is 27.1 Å². The Hall–Kier alpha value is -1.81. The number of hydrogen-bond donors (Lipinski definition) is 0. The molecule has 0 aromatic carbocycles. The molecule has 0 amide bonds. The van der Waals surface area contributed by atoms with Gasteiger partial charge in [0.2, 0.25) is 0 Å². The molecular weight excluding hydrogens is 356 g/mol. The minimum atomic E-state index is 0. The van der Waals surface area contributed by atoms with Gasteiger partial charge in [0, 0.05) is 17.1 Å². The van der Waals surface area contributed by atoms with Gasteiger partial charge in [-0.1, -0.05) is 23.2 Å². The number of pyridine rings is 2. The minimum Gasteiger partial charge on any atom is 2.00 e. The topological polar surface area (TPSA) is 82.7 Å². The van der Waals surface area contributed by atoms with E-state index in [2.05, 4.69) is 23.3 Å². The van der Waals surface area contributed by atoms with E-state index < -0.39 is 0 Å². The first-order valence-corrected chi connectivity index (χ1v) is 6.31. The molecule has 2 aromatic rings. The van der Waals surface area contributed by atoms with Gasteiger partial charge < -0.3 is 17.4 Å². The molecule has 0 saturated heterocycles. The normalized spacial score (nSPS) is 7.39. The molecular formula is C16H14FeN2O3S. The first kappa shape index (κ1) is 26.1. The van der Waals surface area contributed by atoms with Crippen LogP contribution < -0.4 is 0 Å². The quantitative estimate of drug-likeness (QED) is 0.351. The van der Waals surface area contributed by atoms with Gasteiger partial charge >= 0.3 is 39.7 Å². The third-order valence-corrected chi connectivity index (χ3v) is 2.29. The third-order valence-electron chi connectivity index (χ3n) is 2.06. The fourth-order valence-electron chi connectivity index (χ4n) is 1.29. The molecule has 2 heterocycles. The van der Waals surface area contributed by atoms with Gasteiger partial charge in [-0.2, -0.15) is 0 Å². The maximum absolute atomic E-state index is 9.92. The summed E-state index contributed by atoms with van der Waals surface area (Å²) in [6.07, 6.45) is 2.09. The summed E-state index contributed by atoms with van der Waals surface area (Å²) in [7, 11) is 0. The Balaban J connectivity index is -0.000000280. The molecule has 7 heteroatoms. The average molecular weight is 370 g/mol. The molecule has 0 unspecified atom stereocenters. The van der Waals surface area contributed by atoms with Gasteiger partial charge in [-0.05, 0) is 32.0 Å². The van der Waals surface area contributed by atoms with Crippen molar-refractivity contribution in [3.8, 4) is 0 Å². The predicted molar refractivity (Wildman–Crippen MR) is 80.8 cm³/mol. The maximum Gasteiger partial charge on any atom is 2.00 e. The van der Waals surface area contributed by atoms with E-state index in [1.54, 1.807) is 6.29 Å². The second-order valence-electron chi connectivity index (χ2n) is 3.71. The van der Waals surface area contributed by atoms with Gasteiger partial charge in [0.15, 0.2) is 0 Å². The Labute approximate surface area is 152 Å². The number of aromatic nitrogens is 2. The van der Waals surface area contributed by atoms with Crippen LogP contribution in [0.5, 0.6) is 0 Å². The molecule has 0 aliphatic heterocycles. The van der Waals surface area contributed by atoms with Crippen molar-refractivity contribution in [1.29, 1.82) is 0 Å². The Kier molecular flexibility index (Phi) is 20.7. The second-order valence-corrected chi connectivity index (χ2v) is 4.13. The van der Waals surface area contributed by atoms with Gasteiger partial charge in [-0.25, -0.2) is 0 Å². The van der Waals surface area contributed by atoms with Crippen LogP contribution in [0.4, 0.5) is 0 Å². The van der Waals surface area contributed by atoms with E-state index in [4.69, 9.17) is 21.9 Å². The van der Waals surface area contributed by atoms with Crippen molar-refractivity contribution in [1.82, 2.24) is 9.97 Å². The molecule has 0 atom stereocenters. The van der Waals surface area contributed by atoms with Crippen molar-refractivity contribution >= 4 is 18.9 Å². The molecule has 0 aliphatic carbocycles. The van der Waals surface area contributed by atoms with Gasteiger partial charge in [0.05, 0.1) is 0 Å². The zero-order valence-electron chi connectivity index (χ0n) is 12.6. The fourth-order valence-corrected chi connectivity index (χ4v) is 1.51. The molecule has 0 saturated carbocycles. The maximum atomic E-state index is 9.92. The minimum absolute atomic E-state index is 0. The summed E-state index contributed by atoms with van der Waals surface area (Å²) in [6, 6.07) is 11.2. The van der Waals surface area contributed by atoms with E-state index in [0.717, 1.165) is 17.1 Å². The van der Waals surface area contributed by atoms with Crippen molar-refractivity contribution in [3.05, 3.63) is 66.8 Å². The molecule has 2 aromatic heterocycles. The summed E-state index contributed by atoms with van der Waals surface area (Å²) in [5.74, 6) is 0. The number of hydrogen-bond acceptors (Lipinski definition) is 4. The number of nitrogens with zero attached hydrogens (tertiary/aromatic N) is 2. The van der Waals surface area contributed by atoms with Crippen molar-refractivity contribution in [2.45, 2.75) is 25.3 Å². The van der Waals surface area contributed by atoms with Crippen molar-refractivity contribution in [2.24, 2.45) is 0 Å². The number of carbonyl (C=O) groups excluding carboxylic acids is 1. The van der Waals surface area contributed by atoms with Crippen molar-refractivity contribution < 1.29 is 31.2 Å². The second kappa shape index (κ2) is 18.2. The smallest absolute Gasteiger partial charge is 2.00 e. The molecule has 5 nitrogen and oxygen atoms in total. The predicted octanol–water partition coefficient (Wildman–Crippen LogP) is 2.26. The zero-order chi connectivity index (χ0) is 17.4.